The maximum absolute atomic E-state index is 12.4. The minimum atomic E-state index is -0.314. The molecular formula is C22H16ClN3O2S2. The number of amides is 1. The van der Waals surface area contributed by atoms with Crippen LogP contribution in [0.15, 0.2) is 72.8 Å². The molecule has 0 atom stereocenters. The summed E-state index contributed by atoms with van der Waals surface area (Å²) in [7, 11) is 0. The third-order valence-corrected chi connectivity index (χ3v) is 5.54. The van der Waals surface area contributed by atoms with Gasteiger partial charge in [0.1, 0.15) is 12.4 Å². The number of aromatic nitrogens is 1. The number of rotatable bonds is 5. The van der Waals surface area contributed by atoms with E-state index in [0.717, 1.165) is 15.8 Å². The number of thiocarbonyl (C=S) groups is 1. The average molecular weight is 454 g/mol. The van der Waals surface area contributed by atoms with E-state index in [2.05, 4.69) is 15.6 Å². The molecule has 150 valence electrons. The molecule has 0 saturated heterocycles. The quantitative estimate of drug-likeness (QED) is 0.382. The summed E-state index contributed by atoms with van der Waals surface area (Å²) < 4.78 is 6.67. The minimum absolute atomic E-state index is 0.176. The lowest BCUT2D eigenvalue weighted by Gasteiger charge is -2.09. The first-order valence-corrected chi connectivity index (χ1v) is 10.6. The van der Waals surface area contributed by atoms with E-state index in [1.54, 1.807) is 30.3 Å². The number of hydrogen-bond donors (Lipinski definition) is 2. The van der Waals surface area contributed by atoms with Crippen molar-refractivity contribution in [3.05, 3.63) is 88.9 Å². The van der Waals surface area contributed by atoms with Crippen LogP contribution in [0.1, 0.15) is 15.9 Å². The van der Waals surface area contributed by atoms with Gasteiger partial charge in [0, 0.05) is 10.6 Å². The summed E-state index contributed by atoms with van der Waals surface area (Å²) in [4.78, 5) is 16.9. The summed E-state index contributed by atoms with van der Waals surface area (Å²) in [6, 6.07) is 22.2. The summed E-state index contributed by atoms with van der Waals surface area (Å²) in [5.74, 6) is 0.371. The molecule has 4 rings (SSSR count). The number of fused-ring (bicyclic) bond motifs is 1. The van der Waals surface area contributed by atoms with Crippen molar-refractivity contribution in [1.82, 2.24) is 10.3 Å². The molecule has 0 aliphatic heterocycles. The van der Waals surface area contributed by atoms with Gasteiger partial charge in [-0.05, 0) is 60.2 Å². The van der Waals surface area contributed by atoms with Gasteiger partial charge in [0.2, 0.25) is 0 Å². The van der Waals surface area contributed by atoms with Crippen LogP contribution in [0.5, 0.6) is 5.75 Å². The van der Waals surface area contributed by atoms with Gasteiger partial charge < -0.3 is 10.1 Å². The Hall–Kier alpha value is -3.00. The number of carbonyl (C=O) groups is 1. The molecule has 0 aliphatic rings. The van der Waals surface area contributed by atoms with E-state index in [1.165, 1.54) is 11.3 Å². The van der Waals surface area contributed by atoms with E-state index >= 15 is 0 Å². The fourth-order valence-electron chi connectivity index (χ4n) is 2.70. The Morgan fingerprint density at radius 3 is 2.60 bits per heavy atom. The molecule has 1 aromatic heterocycles. The molecule has 0 bridgehead atoms. The molecule has 4 aromatic rings. The first-order chi connectivity index (χ1) is 14.6. The zero-order valence-electron chi connectivity index (χ0n) is 15.6. The predicted octanol–water partition coefficient (Wildman–Crippen LogP) is 5.66. The third kappa shape index (κ3) is 5.13. The van der Waals surface area contributed by atoms with E-state index in [9.17, 15) is 4.79 Å². The smallest absolute Gasteiger partial charge is 0.257 e. The fourth-order valence-corrected chi connectivity index (χ4v) is 4.10. The largest absolute Gasteiger partial charge is 0.489 e. The van der Waals surface area contributed by atoms with Gasteiger partial charge in [0.05, 0.1) is 10.2 Å². The van der Waals surface area contributed by atoms with Crippen LogP contribution in [0.2, 0.25) is 5.02 Å². The summed E-state index contributed by atoms with van der Waals surface area (Å²) >= 11 is 12.6. The normalized spacial score (nSPS) is 10.6. The second-order valence-corrected chi connectivity index (χ2v) is 8.21. The Morgan fingerprint density at radius 1 is 1.07 bits per heavy atom. The number of carbonyl (C=O) groups excluding carboxylic acids is 1. The Balaban J connectivity index is 1.32. The van der Waals surface area contributed by atoms with Crippen molar-refractivity contribution < 1.29 is 9.53 Å². The third-order valence-electron chi connectivity index (χ3n) is 4.16. The van der Waals surface area contributed by atoms with Gasteiger partial charge in [0.15, 0.2) is 10.2 Å². The van der Waals surface area contributed by atoms with Crippen LogP contribution in [0, 0.1) is 0 Å². The standard InChI is InChI=1S/C22H16ClN3O2S2/c23-16-8-11-18-19(12-16)30-22(24-18)26-21(29)25-20(27)15-6-9-17(10-7-15)28-13-14-4-2-1-3-5-14/h1-12H,13H2,(H2,24,25,26,27,29). The molecule has 2 N–H and O–H groups in total. The van der Waals surface area contributed by atoms with Gasteiger partial charge in [-0.25, -0.2) is 4.98 Å². The monoisotopic (exact) mass is 453 g/mol. The Kier molecular flexibility index (Phi) is 6.23. The van der Waals surface area contributed by atoms with E-state index in [1.807, 2.05) is 42.5 Å². The van der Waals surface area contributed by atoms with Crippen LogP contribution in [0.3, 0.4) is 0 Å². The highest BCUT2D eigenvalue weighted by Crippen LogP contribution is 2.28. The Labute approximate surface area is 187 Å². The molecule has 30 heavy (non-hydrogen) atoms. The summed E-state index contributed by atoms with van der Waals surface area (Å²) in [5, 5.41) is 7.00. The van der Waals surface area contributed by atoms with Gasteiger partial charge in [-0.1, -0.05) is 53.3 Å². The lowest BCUT2D eigenvalue weighted by atomic mass is 10.2. The molecule has 8 heteroatoms. The molecule has 5 nitrogen and oxygen atoms in total. The van der Waals surface area contributed by atoms with Gasteiger partial charge in [-0.2, -0.15) is 0 Å². The molecule has 0 unspecified atom stereocenters. The maximum Gasteiger partial charge on any atom is 0.257 e. The molecule has 1 amide bonds. The van der Waals surface area contributed by atoms with Crippen LogP contribution < -0.4 is 15.4 Å². The first kappa shape index (κ1) is 20.3. The van der Waals surface area contributed by atoms with Crippen LogP contribution in [-0.2, 0) is 6.61 Å². The number of nitrogens with one attached hydrogen (secondary N) is 2. The molecule has 0 saturated carbocycles. The van der Waals surface area contributed by atoms with Crippen molar-refractivity contribution in [3.8, 4) is 5.75 Å². The summed E-state index contributed by atoms with van der Waals surface area (Å²) in [6.45, 7) is 0.466. The van der Waals surface area contributed by atoms with Crippen molar-refractivity contribution in [2.75, 3.05) is 5.32 Å². The molecule has 3 aromatic carbocycles. The van der Waals surface area contributed by atoms with Crippen molar-refractivity contribution in [2.24, 2.45) is 0 Å². The number of thiazole rings is 1. The maximum atomic E-state index is 12.4. The van der Waals surface area contributed by atoms with Crippen LogP contribution in [0.25, 0.3) is 10.2 Å². The SMILES string of the molecule is O=C(NC(=S)Nc1nc2ccc(Cl)cc2s1)c1ccc(OCc2ccccc2)cc1. The van der Waals surface area contributed by atoms with Crippen LogP contribution >= 0.6 is 35.2 Å². The van der Waals surface area contributed by atoms with Crippen molar-refractivity contribution in [3.63, 3.8) is 0 Å². The van der Waals surface area contributed by atoms with E-state index in [4.69, 9.17) is 28.6 Å². The molecule has 0 spiro atoms. The minimum Gasteiger partial charge on any atom is -0.489 e. The number of ether oxygens (including phenoxy) is 1. The summed E-state index contributed by atoms with van der Waals surface area (Å²) in [5.41, 5.74) is 2.36. The summed E-state index contributed by atoms with van der Waals surface area (Å²) in [6.07, 6.45) is 0. The highest BCUT2D eigenvalue weighted by molar-refractivity contribution is 7.80. The van der Waals surface area contributed by atoms with Crippen molar-refractivity contribution in [2.45, 2.75) is 6.61 Å². The first-order valence-electron chi connectivity index (χ1n) is 9.02. The van der Waals surface area contributed by atoms with E-state index < -0.39 is 0 Å². The van der Waals surface area contributed by atoms with Gasteiger partial charge in [-0.15, -0.1) is 0 Å². The van der Waals surface area contributed by atoms with Crippen molar-refractivity contribution >= 4 is 61.5 Å². The number of halogens is 1. The second kappa shape index (κ2) is 9.21. The van der Waals surface area contributed by atoms with Gasteiger partial charge >= 0.3 is 0 Å². The number of anilines is 1. The highest BCUT2D eigenvalue weighted by Gasteiger charge is 2.11. The predicted molar refractivity (Wildman–Crippen MR) is 126 cm³/mol. The number of nitrogens with zero attached hydrogens (tertiary/aromatic N) is 1. The fraction of sp³-hybridized carbons (Fsp3) is 0.0455. The molecule has 0 radical (unpaired) electrons. The molecule has 0 fully saturated rings. The Bertz CT molecular complexity index is 1190. The topological polar surface area (TPSA) is 63.2 Å². The Morgan fingerprint density at radius 2 is 1.83 bits per heavy atom. The number of benzene rings is 3. The van der Waals surface area contributed by atoms with E-state index in [0.29, 0.717) is 28.1 Å². The highest BCUT2D eigenvalue weighted by atomic mass is 35.5. The average Bonchev–Trinajstić information content (AvgIpc) is 3.14. The lowest BCUT2D eigenvalue weighted by molar-refractivity contribution is 0.0977. The number of hydrogen-bond acceptors (Lipinski definition) is 5. The van der Waals surface area contributed by atoms with Crippen LogP contribution in [-0.4, -0.2) is 16.0 Å². The zero-order valence-corrected chi connectivity index (χ0v) is 18.0. The zero-order chi connectivity index (χ0) is 20.9. The van der Waals surface area contributed by atoms with Crippen LogP contribution in [0.4, 0.5) is 5.13 Å². The lowest BCUT2D eigenvalue weighted by Crippen LogP contribution is -2.34. The van der Waals surface area contributed by atoms with Gasteiger partial charge in [-0.3, -0.25) is 10.1 Å². The van der Waals surface area contributed by atoms with E-state index in [-0.39, 0.29) is 11.0 Å². The van der Waals surface area contributed by atoms with Gasteiger partial charge in [0.25, 0.3) is 5.91 Å². The molecular weight excluding hydrogens is 438 g/mol. The molecule has 0 aliphatic carbocycles. The van der Waals surface area contributed by atoms with Crippen molar-refractivity contribution in [1.29, 1.82) is 0 Å². The second-order valence-electron chi connectivity index (χ2n) is 6.34. The molecule has 1 heterocycles.